The zero-order valence-corrected chi connectivity index (χ0v) is 8.25. The van der Waals surface area contributed by atoms with Gasteiger partial charge in [0.1, 0.15) is 6.61 Å². The van der Waals surface area contributed by atoms with Gasteiger partial charge in [0.2, 0.25) is 5.91 Å². The summed E-state index contributed by atoms with van der Waals surface area (Å²) in [6, 6.07) is -0.408. The van der Waals surface area contributed by atoms with E-state index >= 15 is 0 Å². The van der Waals surface area contributed by atoms with Crippen LogP contribution in [0.2, 0.25) is 0 Å². The number of carbonyl (C=O) groups is 2. The van der Waals surface area contributed by atoms with E-state index in [4.69, 9.17) is 5.11 Å². The van der Waals surface area contributed by atoms with E-state index in [0.29, 0.717) is 13.0 Å². The van der Waals surface area contributed by atoms with Gasteiger partial charge in [-0.3, -0.25) is 9.59 Å². The molecule has 1 heterocycles. The largest absolute Gasteiger partial charge is 0.389 e. The summed E-state index contributed by atoms with van der Waals surface area (Å²) in [5.74, 6) is -0.342. The molecule has 1 amide bonds. The zero-order chi connectivity index (χ0) is 10.6. The summed E-state index contributed by atoms with van der Waals surface area (Å²) < 4.78 is 0. The Bertz CT molecular complexity index is 230. The fraction of sp³-hybridized carbons (Fsp3) is 0.778. The van der Waals surface area contributed by atoms with Crippen LogP contribution >= 0.6 is 0 Å². The highest BCUT2D eigenvalue weighted by atomic mass is 16.3. The van der Waals surface area contributed by atoms with Crippen LogP contribution in [0.5, 0.6) is 0 Å². The Morgan fingerprint density at radius 3 is 2.93 bits per heavy atom. The van der Waals surface area contributed by atoms with E-state index in [1.807, 2.05) is 0 Å². The third-order valence-electron chi connectivity index (χ3n) is 2.58. The monoisotopic (exact) mass is 200 g/mol. The molecule has 0 saturated carbocycles. The van der Waals surface area contributed by atoms with Gasteiger partial charge in [-0.2, -0.15) is 0 Å². The van der Waals surface area contributed by atoms with Crippen molar-refractivity contribution in [1.82, 2.24) is 10.6 Å². The Hall–Kier alpha value is -0.940. The molecule has 5 heteroatoms. The summed E-state index contributed by atoms with van der Waals surface area (Å²) >= 11 is 0. The van der Waals surface area contributed by atoms with Crippen molar-refractivity contribution in [2.24, 2.45) is 5.92 Å². The van der Waals surface area contributed by atoms with Crippen LogP contribution in [-0.2, 0) is 9.59 Å². The summed E-state index contributed by atoms with van der Waals surface area (Å²) in [6.45, 7) is 0.215. The van der Waals surface area contributed by atoms with Crippen molar-refractivity contribution >= 4 is 11.7 Å². The molecule has 14 heavy (non-hydrogen) atoms. The predicted molar refractivity (Wildman–Crippen MR) is 50.7 cm³/mol. The molecule has 5 nitrogen and oxygen atoms in total. The highest BCUT2D eigenvalue weighted by molar-refractivity contribution is 5.86. The minimum Gasteiger partial charge on any atom is -0.389 e. The number of hydrogen-bond acceptors (Lipinski definition) is 4. The van der Waals surface area contributed by atoms with Crippen LogP contribution in [0.3, 0.4) is 0 Å². The highest BCUT2D eigenvalue weighted by Crippen LogP contribution is 2.16. The van der Waals surface area contributed by atoms with Crippen LogP contribution < -0.4 is 10.6 Å². The molecule has 80 valence electrons. The second-order valence-electron chi connectivity index (χ2n) is 3.48. The highest BCUT2D eigenvalue weighted by Gasteiger charge is 2.28. The number of aliphatic hydroxyl groups excluding tert-OH is 1. The van der Waals surface area contributed by atoms with Crippen LogP contribution in [0, 0.1) is 5.92 Å². The van der Waals surface area contributed by atoms with Crippen LogP contribution in [0.25, 0.3) is 0 Å². The van der Waals surface area contributed by atoms with Crippen molar-refractivity contribution in [1.29, 1.82) is 0 Å². The molecule has 2 atom stereocenters. The molecular formula is C9H16N2O3. The number of nitrogens with one attached hydrogen (secondary N) is 2. The van der Waals surface area contributed by atoms with Gasteiger partial charge in [0.05, 0.1) is 6.04 Å². The van der Waals surface area contributed by atoms with Gasteiger partial charge < -0.3 is 15.7 Å². The summed E-state index contributed by atoms with van der Waals surface area (Å²) in [6.07, 6.45) is 1.25. The van der Waals surface area contributed by atoms with Crippen molar-refractivity contribution in [3.8, 4) is 0 Å². The van der Waals surface area contributed by atoms with Gasteiger partial charge in [-0.05, 0) is 19.9 Å². The summed E-state index contributed by atoms with van der Waals surface area (Å²) in [7, 11) is 1.66. The molecular weight excluding hydrogens is 184 g/mol. The first-order valence-electron chi connectivity index (χ1n) is 4.77. The molecule has 0 aromatic carbocycles. The third kappa shape index (κ3) is 2.52. The molecule has 0 aliphatic carbocycles. The summed E-state index contributed by atoms with van der Waals surface area (Å²) in [5.41, 5.74) is 0. The Morgan fingerprint density at radius 1 is 1.79 bits per heavy atom. The number of hydrogen-bond donors (Lipinski definition) is 3. The zero-order valence-electron chi connectivity index (χ0n) is 8.25. The number of carbonyl (C=O) groups excluding carboxylic acids is 2. The number of aliphatic hydroxyl groups is 1. The van der Waals surface area contributed by atoms with Crippen LogP contribution in [0.4, 0.5) is 0 Å². The van der Waals surface area contributed by atoms with E-state index in [1.54, 1.807) is 7.05 Å². The average Bonchev–Trinajstić information content (AvgIpc) is 2.59. The fourth-order valence-electron chi connectivity index (χ4n) is 1.67. The van der Waals surface area contributed by atoms with Gasteiger partial charge in [-0.15, -0.1) is 0 Å². The van der Waals surface area contributed by atoms with Crippen molar-refractivity contribution in [3.63, 3.8) is 0 Å². The first-order chi connectivity index (χ1) is 6.69. The molecule has 0 aromatic rings. The lowest BCUT2D eigenvalue weighted by atomic mass is 9.96. The Kier molecular flexibility index (Phi) is 4.03. The van der Waals surface area contributed by atoms with Crippen molar-refractivity contribution in [2.75, 3.05) is 20.2 Å². The SMILES string of the molecule is CNC(CC1CCNC1=O)C(=O)CO. The summed E-state index contributed by atoms with van der Waals surface area (Å²) in [5, 5.41) is 14.2. The lowest BCUT2D eigenvalue weighted by molar-refractivity contribution is -0.125. The standard InChI is InChI=1S/C9H16N2O3/c1-10-7(8(13)5-12)4-6-2-3-11-9(6)14/h6-7,10,12H,2-5H2,1H3,(H,11,14). The van der Waals surface area contributed by atoms with Gasteiger partial charge in [0.25, 0.3) is 0 Å². The second-order valence-corrected chi connectivity index (χ2v) is 3.48. The summed E-state index contributed by atoms with van der Waals surface area (Å²) in [4.78, 5) is 22.4. The maximum Gasteiger partial charge on any atom is 0.223 e. The Balaban J connectivity index is 2.47. The molecule has 1 aliphatic rings. The van der Waals surface area contributed by atoms with Gasteiger partial charge in [0.15, 0.2) is 5.78 Å². The molecule has 3 N–H and O–H groups in total. The quantitative estimate of drug-likeness (QED) is 0.513. The molecule has 1 fully saturated rings. The van der Waals surface area contributed by atoms with Crippen molar-refractivity contribution in [3.05, 3.63) is 0 Å². The van der Waals surface area contributed by atoms with E-state index in [9.17, 15) is 9.59 Å². The van der Waals surface area contributed by atoms with E-state index in [-0.39, 0.29) is 17.6 Å². The van der Waals surface area contributed by atoms with Crippen LogP contribution in [0.1, 0.15) is 12.8 Å². The molecule has 1 rings (SSSR count). The van der Waals surface area contributed by atoms with Gasteiger partial charge >= 0.3 is 0 Å². The molecule has 0 spiro atoms. The first kappa shape index (κ1) is 11.1. The van der Waals surface area contributed by atoms with Crippen LogP contribution in [0.15, 0.2) is 0 Å². The lowest BCUT2D eigenvalue weighted by Gasteiger charge is -2.16. The molecule has 0 radical (unpaired) electrons. The van der Waals surface area contributed by atoms with Crippen molar-refractivity contribution < 1.29 is 14.7 Å². The molecule has 2 unspecified atom stereocenters. The van der Waals surface area contributed by atoms with E-state index in [0.717, 1.165) is 6.42 Å². The number of ketones is 1. The van der Waals surface area contributed by atoms with E-state index < -0.39 is 12.6 Å². The fourth-order valence-corrected chi connectivity index (χ4v) is 1.67. The van der Waals surface area contributed by atoms with E-state index in [1.165, 1.54) is 0 Å². The van der Waals surface area contributed by atoms with E-state index in [2.05, 4.69) is 10.6 Å². The number of likely N-dealkylation sites (N-methyl/N-ethyl adjacent to an activating group) is 1. The maximum absolute atomic E-state index is 11.2. The minimum absolute atomic E-state index is 0.0102. The Morgan fingerprint density at radius 2 is 2.50 bits per heavy atom. The normalized spacial score (nSPS) is 23.3. The second kappa shape index (κ2) is 5.07. The smallest absolute Gasteiger partial charge is 0.223 e. The van der Waals surface area contributed by atoms with Gasteiger partial charge in [0, 0.05) is 12.5 Å². The van der Waals surface area contributed by atoms with Crippen LogP contribution in [-0.4, -0.2) is 43.0 Å². The minimum atomic E-state index is -0.472. The topological polar surface area (TPSA) is 78.4 Å². The third-order valence-corrected chi connectivity index (χ3v) is 2.58. The lowest BCUT2D eigenvalue weighted by Crippen LogP contribution is -2.38. The molecule has 1 aliphatic heterocycles. The van der Waals surface area contributed by atoms with Gasteiger partial charge in [-0.1, -0.05) is 0 Å². The Labute approximate surface area is 82.9 Å². The molecule has 0 bridgehead atoms. The number of amides is 1. The maximum atomic E-state index is 11.2. The number of Topliss-reactive ketones (excluding diaryl/α,β-unsaturated/α-hetero) is 1. The van der Waals surface area contributed by atoms with Gasteiger partial charge in [-0.25, -0.2) is 0 Å². The molecule has 1 saturated heterocycles. The first-order valence-corrected chi connectivity index (χ1v) is 4.77. The molecule has 0 aromatic heterocycles. The average molecular weight is 200 g/mol. The number of rotatable bonds is 5. The van der Waals surface area contributed by atoms with Crippen molar-refractivity contribution in [2.45, 2.75) is 18.9 Å². The predicted octanol–water partition coefficient (Wildman–Crippen LogP) is -1.34.